The number of carbonyl (C=O) groups excluding carboxylic acids is 1. The van der Waals surface area contributed by atoms with E-state index < -0.39 is 0 Å². The van der Waals surface area contributed by atoms with Crippen molar-refractivity contribution in [2.75, 3.05) is 6.26 Å². The molecule has 16 heavy (non-hydrogen) atoms. The van der Waals surface area contributed by atoms with Gasteiger partial charge < -0.3 is 11.1 Å². The minimum atomic E-state index is -0.349. The number of nitrogens with two attached hydrogens (primary N) is 1. The van der Waals surface area contributed by atoms with Crippen molar-refractivity contribution < 1.29 is 4.79 Å². The number of carbonyl (C=O) groups is 1. The summed E-state index contributed by atoms with van der Waals surface area (Å²) in [6, 6.07) is -0.00149. The van der Waals surface area contributed by atoms with Crippen LogP contribution in [0, 0.1) is 5.92 Å². The summed E-state index contributed by atoms with van der Waals surface area (Å²) in [6.07, 6.45) is 6.50. The van der Waals surface area contributed by atoms with Crippen LogP contribution in [0.5, 0.6) is 0 Å². The summed E-state index contributed by atoms with van der Waals surface area (Å²) in [6.45, 7) is 4.10. The molecule has 0 aromatic heterocycles. The Morgan fingerprint density at radius 2 is 2.25 bits per heavy atom. The van der Waals surface area contributed by atoms with E-state index in [0.29, 0.717) is 11.3 Å². The maximum absolute atomic E-state index is 11.9. The average molecular weight is 244 g/mol. The van der Waals surface area contributed by atoms with Gasteiger partial charge >= 0.3 is 0 Å². The van der Waals surface area contributed by atoms with Gasteiger partial charge in [-0.2, -0.15) is 11.8 Å². The smallest absolute Gasteiger partial charge is 0.237 e. The molecule has 3 nitrogen and oxygen atoms in total. The third kappa shape index (κ3) is 3.67. The van der Waals surface area contributed by atoms with Crippen molar-refractivity contribution in [2.24, 2.45) is 11.7 Å². The zero-order chi connectivity index (χ0) is 12.1. The molecule has 0 heterocycles. The molecule has 1 amide bonds. The first-order chi connectivity index (χ1) is 7.58. The van der Waals surface area contributed by atoms with Gasteiger partial charge in [0, 0.05) is 11.3 Å². The molecule has 0 radical (unpaired) electrons. The van der Waals surface area contributed by atoms with Crippen molar-refractivity contribution in [3.05, 3.63) is 0 Å². The zero-order valence-electron chi connectivity index (χ0n) is 10.5. The second-order valence-corrected chi connectivity index (χ2v) is 5.93. The first kappa shape index (κ1) is 13.8. The Hall–Kier alpha value is -0.220. The molecule has 4 heteroatoms. The zero-order valence-corrected chi connectivity index (χ0v) is 11.3. The molecule has 1 fully saturated rings. The normalized spacial score (nSPS) is 28.8. The van der Waals surface area contributed by atoms with Crippen LogP contribution in [-0.2, 0) is 4.79 Å². The van der Waals surface area contributed by atoms with Gasteiger partial charge in [0.15, 0.2) is 0 Å². The van der Waals surface area contributed by atoms with E-state index in [-0.39, 0.29) is 17.9 Å². The van der Waals surface area contributed by atoms with Crippen molar-refractivity contribution in [1.29, 1.82) is 0 Å². The van der Waals surface area contributed by atoms with E-state index in [2.05, 4.69) is 18.5 Å². The van der Waals surface area contributed by atoms with E-state index in [1.165, 1.54) is 6.42 Å². The van der Waals surface area contributed by atoms with Gasteiger partial charge in [-0.15, -0.1) is 0 Å². The summed E-state index contributed by atoms with van der Waals surface area (Å²) >= 11 is 1.90. The maximum atomic E-state index is 11.9. The highest BCUT2D eigenvalue weighted by atomic mass is 32.2. The van der Waals surface area contributed by atoms with Gasteiger partial charge in [-0.3, -0.25) is 4.79 Å². The second kappa shape index (κ2) is 6.50. The molecule has 1 aliphatic rings. The van der Waals surface area contributed by atoms with Crippen LogP contribution in [0.25, 0.3) is 0 Å². The number of hydrogen-bond acceptors (Lipinski definition) is 3. The van der Waals surface area contributed by atoms with Gasteiger partial charge in [-0.25, -0.2) is 0 Å². The van der Waals surface area contributed by atoms with Gasteiger partial charge in [0.25, 0.3) is 0 Å². The van der Waals surface area contributed by atoms with Gasteiger partial charge in [0.2, 0.25) is 5.91 Å². The van der Waals surface area contributed by atoms with Crippen molar-refractivity contribution >= 4 is 17.7 Å². The van der Waals surface area contributed by atoms with Crippen LogP contribution in [0.15, 0.2) is 0 Å². The van der Waals surface area contributed by atoms with Crippen molar-refractivity contribution in [3.8, 4) is 0 Å². The summed E-state index contributed by atoms with van der Waals surface area (Å²) in [5.74, 6) is 0.291. The number of amides is 1. The van der Waals surface area contributed by atoms with E-state index in [1.54, 1.807) is 0 Å². The van der Waals surface area contributed by atoms with E-state index in [4.69, 9.17) is 5.73 Å². The molecular weight excluding hydrogens is 220 g/mol. The Balaban J connectivity index is 2.34. The number of thioether (sulfide) groups is 1. The Kier molecular flexibility index (Phi) is 5.62. The molecule has 1 aliphatic carbocycles. The molecule has 4 atom stereocenters. The van der Waals surface area contributed by atoms with Gasteiger partial charge in [0.1, 0.15) is 0 Å². The summed E-state index contributed by atoms with van der Waals surface area (Å²) in [4.78, 5) is 11.9. The molecule has 1 saturated carbocycles. The predicted octanol–water partition coefficient (Wildman–Crippen LogP) is 1.76. The molecule has 0 aliphatic heterocycles. The number of rotatable bonds is 5. The van der Waals surface area contributed by atoms with Crippen LogP contribution >= 0.6 is 11.8 Å². The summed E-state index contributed by atoms with van der Waals surface area (Å²) in [5, 5.41) is 3.79. The quantitative estimate of drug-likeness (QED) is 0.775. The van der Waals surface area contributed by atoms with Gasteiger partial charge in [0.05, 0.1) is 6.04 Å². The highest BCUT2D eigenvalue weighted by Crippen LogP contribution is 2.28. The Morgan fingerprint density at radius 3 is 2.75 bits per heavy atom. The van der Waals surface area contributed by atoms with E-state index in [0.717, 1.165) is 19.3 Å². The highest BCUT2D eigenvalue weighted by Gasteiger charge is 2.27. The lowest BCUT2D eigenvalue weighted by molar-refractivity contribution is -0.124. The average Bonchev–Trinajstić information content (AvgIpc) is 2.74. The Bertz CT molecular complexity index is 235. The highest BCUT2D eigenvalue weighted by molar-refractivity contribution is 7.99. The summed E-state index contributed by atoms with van der Waals surface area (Å²) in [7, 11) is 0. The van der Waals surface area contributed by atoms with E-state index in [1.807, 2.05) is 18.7 Å². The third-order valence-corrected chi connectivity index (χ3v) is 4.72. The van der Waals surface area contributed by atoms with Crippen LogP contribution in [0.4, 0.5) is 0 Å². The monoisotopic (exact) mass is 244 g/mol. The molecule has 0 aromatic rings. The fourth-order valence-electron chi connectivity index (χ4n) is 2.10. The second-order valence-electron chi connectivity index (χ2n) is 4.79. The number of hydrogen-bond donors (Lipinski definition) is 2. The molecule has 3 unspecified atom stereocenters. The molecule has 1 rings (SSSR count). The van der Waals surface area contributed by atoms with E-state index in [9.17, 15) is 4.79 Å². The maximum Gasteiger partial charge on any atom is 0.237 e. The lowest BCUT2D eigenvalue weighted by Gasteiger charge is -2.20. The van der Waals surface area contributed by atoms with Crippen LogP contribution < -0.4 is 11.1 Å². The largest absolute Gasteiger partial charge is 0.352 e. The third-order valence-electron chi connectivity index (χ3n) is 3.62. The van der Waals surface area contributed by atoms with Gasteiger partial charge in [-0.1, -0.05) is 20.3 Å². The molecule has 0 spiro atoms. The first-order valence-corrected chi connectivity index (χ1v) is 7.46. The molecule has 0 aromatic carbocycles. The molecule has 0 saturated heterocycles. The van der Waals surface area contributed by atoms with Crippen molar-refractivity contribution in [3.63, 3.8) is 0 Å². The SMILES string of the molecule is CCC(C)[C@H](N)C(=O)NC1CCC(SC)C1. The molecule has 3 N–H and O–H groups in total. The van der Waals surface area contributed by atoms with Crippen LogP contribution in [0.1, 0.15) is 39.5 Å². The van der Waals surface area contributed by atoms with Crippen molar-refractivity contribution in [2.45, 2.75) is 56.9 Å². The predicted molar refractivity (Wildman–Crippen MR) is 70.5 cm³/mol. The molecule has 0 bridgehead atoms. The topological polar surface area (TPSA) is 55.1 Å². The van der Waals surface area contributed by atoms with Crippen LogP contribution in [-0.4, -0.2) is 29.5 Å². The fourth-order valence-corrected chi connectivity index (χ4v) is 2.89. The molecule has 94 valence electrons. The van der Waals surface area contributed by atoms with E-state index >= 15 is 0 Å². The van der Waals surface area contributed by atoms with Crippen LogP contribution in [0.2, 0.25) is 0 Å². The lowest BCUT2D eigenvalue weighted by atomic mass is 9.99. The Morgan fingerprint density at radius 1 is 1.56 bits per heavy atom. The van der Waals surface area contributed by atoms with Gasteiger partial charge in [-0.05, 0) is 31.4 Å². The Labute approximate surface area is 103 Å². The number of nitrogens with one attached hydrogen (secondary N) is 1. The lowest BCUT2D eigenvalue weighted by Crippen LogP contribution is -2.47. The molecular formula is C12H24N2OS. The fraction of sp³-hybridized carbons (Fsp3) is 0.917. The summed E-state index contributed by atoms with van der Waals surface area (Å²) < 4.78 is 0. The van der Waals surface area contributed by atoms with Crippen molar-refractivity contribution in [1.82, 2.24) is 5.32 Å². The summed E-state index contributed by atoms with van der Waals surface area (Å²) in [5.41, 5.74) is 5.90. The standard InChI is InChI=1S/C12H24N2OS/c1-4-8(2)11(13)12(15)14-9-5-6-10(7-9)16-3/h8-11H,4-7,13H2,1-3H3,(H,14,15)/t8?,9?,10?,11-/m0/s1. The van der Waals surface area contributed by atoms with Crippen LogP contribution in [0.3, 0.4) is 0 Å². The minimum absolute atomic E-state index is 0.0288. The minimum Gasteiger partial charge on any atom is -0.352 e. The first-order valence-electron chi connectivity index (χ1n) is 6.17.